The normalized spacial score (nSPS) is 12.1. The Kier molecular flexibility index (Phi) is 4.11. The highest BCUT2D eigenvalue weighted by Gasteiger charge is 2.18. The van der Waals surface area contributed by atoms with Crippen LogP contribution >= 0.6 is 11.8 Å². The van der Waals surface area contributed by atoms with Crippen LogP contribution in [-0.2, 0) is 5.54 Å². The van der Waals surface area contributed by atoms with Crippen molar-refractivity contribution in [2.45, 2.75) is 30.7 Å². The molecule has 0 amide bonds. The molecule has 1 nitrogen and oxygen atoms in total. The minimum Gasteiger partial charge on any atom is -0.322 e. The van der Waals surface area contributed by atoms with E-state index in [1.807, 2.05) is 38.1 Å². The monoisotopic (exact) mass is 231 g/mol. The highest BCUT2D eigenvalue weighted by Crippen LogP contribution is 2.30. The van der Waals surface area contributed by atoms with Gasteiger partial charge in [0, 0.05) is 10.4 Å². The Morgan fingerprint density at radius 3 is 2.47 bits per heavy atom. The summed E-state index contributed by atoms with van der Waals surface area (Å²) in [5.41, 5.74) is 6.38. The number of hydrogen-bond acceptors (Lipinski definition) is 2. The summed E-state index contributed by atoms with van der Waals surface area (Å²) in [6, 6.07) is 7.42. The second-order valence-electron chi connectivity index (χ2n) is 3.92. The molecule has 0 aliphatic carbocycles. The Balaban J connectivity index is 2.87. The molecule has 0 saturated carbocycles. The molecular formula is C11H15F2NS. The molecule has 0 fully saturated rings. The molecule has 0 spiro atoms. The summed E-state index contributed by atoms with van der Waals surface area (Å²) in [6.07, 6.45) is -2.29. The Bertz CT molecular complexity index is 321. The largest absolute Gasteiger partial charge is 0.322 e. The fourth-order valence-corrected chi connectivity index (χ4v) is 2.24. The van der Waals surface area contributed by atoms with E-state index in [0.717, 1.165) is 22.2 Å². The number of hydrogen-bond donors (Lipinski definition) is 1. The summed E-state index contributed by atoms with van der Waals surface area (Å²) < 4.78 is 24.2. The predicted molar refractivity (Wildman–Crippen MR) is 60.4 cm³/mol. The molecule has 0 aromatic heterocycles. The number of thioether (sulfide) groups is 1. The van der Waals surface area contributed by atoms with Gasteiger partial charge in [0.2, 0.25) is 6.43 Å². The van der Waals surface area contributed by atoms with Gasteiger partial charge >= 0.3 is 0 Å². The summed E-state index contributed by atoms with van der Waals surface area (Å²) in [5.74, 6) is -0.187. The average Bonchev–Trinajstić information content (AvgIpc) is 2.13. The van der Waals surface area contributed by atoms with Gasteiger partial charge in [-0.05, 0) is 25.5 Å². The van der Waals surface area contributed by atoms with Crippen LogP contribution in [0.2, 0.25) is 0 Å². The molecule has 0 radical (unpaired) electrons. The van der Waals surface area contributed by atoms with Crippen LogP contribution in [0.5, 0.6) is 0 Å². The van der Waals surface area contributed by atoms with Gasteiger partial charge in [-0.1, -0.05) is 18.2 Å². The second-order valence-corrected chi connectivity index (χ2v) is 4.98. The third kappa shape index (κ3) is 3.80. The second kappa shape index (κ2) is 4.94. The maximum Gasteiger partial charge on any atom is 0.247 e. The van der Waals surface area contributed by atoms with E-state index in [9.17, 15) is 8.78 Å². The van der Waals surface area contributed by atoms with E-state index in [0.29, 0.717) is 0 Å². The maximum absolute atomic E-state index is 12.1. The first kappa shape index (κ1) is 12.5. The number of rotatable bonds is 4. The van der Waals surface area contributed by atoms with E-state index in [4.69, 9.17) is 5.73 Å². The van der Waals surface area contributed by atoms with E-state index in [2.05, 4.69) is 0 Å². The van der Waals surface area contributed by atoms with Crippen molar-refractivity contribution in [3.63, 3.8) is 0 Å². The molecule has 0 saturated heterocycles. The lowest BCUT2D eigenvalue weighted by Gasteiger charge is -2.22. The molecule has 0 heterocycles. The molecule has 0 unspecified atom stereocenters. The van der Waals surface area contributed by atoms with Crippen LogP contribution in [0.4, 0.5) is 8.78 Å². The topological polar surface area (TPSA) is 26.0 Å². The standard InChI is InChI=1S/C11H15F2NS/c1-11(2,14)8-5-3-4-6-9(8)15-7-10(12)13/h3-6,10H,7,14H2,1-2H3. The molecule has 0 aliphatic rings. The molecule has 0 bridgehead atoms. The van der Waals surface area contributed by atoms with Gasteiger partial charge in [0.15, 0.2) is 0 Å². The zero-order chi connectivity index (χ0) is 11.5. The average molecular weight is 231 g/mol. The smallest absolute Gasteiger partial charge is 0.247 e. The summed E-state index contributed by atoms with van der Waals surface area (Å²) in [4.78, 5) is 0.838. The molecule has 4 heteroatoms. The molecule has 2 N–H and O–H groups in total. The summed E-state index contributed by atoms with van der Waals surface area (Å²) in [7, 11) is 0. The Morgan fingerprint density at radius 2 is 1.93 bits per heavy atom. The van der Waals surface area contributed by atoms with Gasteiger partial charge in [-0.3, -0.25) is 0 Å². The minimum absolute atomic E-state index is 0.187. The van der Waals surface area contributed by atoms with Crippen molar-refractivity contribution in [1.82, 2.24) is 0 Å². The van der Waals surface area contributed by atoms with Gasteiger partial charge in [0.1, 0.15) is 0 Å². The lowest BCUT2D eigenvalue weighted by Crippen LogP contribution is -2.29. The third-order valence-electron chi connectivity index (χ3n) is 1.95. The summed E-state index contributed by atoms with van der Waals surface area (Å²) >= 11 is 1.15. The van der Waals surface area contributed by atoms with E-state index < -0.39 is 12.0 Å². The van der Waals surface area contributed by atoms with Gasteiger partial charge in [-0.25, -0.2) is 8.78 Å². The maximum atomic E-state index is 12.1. The molecule has 0 aliphatic heterocycles. The van der Waals surface area contributed by atoms with Crippen LogP contribution in [0.1, 0.15) is 19.4 Å². The van der Waals surface area contributed by atoms with Crippen LogP contribution < -0.4 is 5.73 Å². The van der Waals surface area contributed by atoms with Crippen LogP contribution in [-0.4, -0.2) is 12.2 Å². The molecule has 15 heavy (non-hydrogen) atoms. The lowest BCUT2D eigenvalue weighted by atomic mass is 9.96. The van der Waals surface area contributed by atoms with Crippen molar-refractivity contribution in [3.05, 3.63) is 29.8 Å². The number of benzene rings is 1. The van der Waals surface area contributed by atoms with Gasteiger partial charge < -0.3 is 5.73 Å². The SMILES string of the molecule is CC(C)(N)c1ccccc1SCC(F)F. The Morgan fingerprint density at radius 1 is 1.33 bits per heavy atom. The van der Waals surface area contributed by atoms with Gasteiger partial charge in [0.05, 0.1) is 5.75 Å². The van der Waals surface area contributed by atoms with Gasteiger partial charge in [-0.15, -0.1) is 11.8 Å². The Hall–Kier alpha value is -0.610. The van der Waals surface area contributed by atoms with E-state index in [-0.39, 0.29) is 5.75 Å². The van der Waals surface area contributed by atoms with E-state index in [1.165, 1.54) is 0 Å². The summed E-state index contributed by atoms with van der Waals surface area (Å²) in [6.45, 7) is 3.74. The highest BCUT2D eigenvalue weighted by molar-refractivity contribution is 7.99. The number of alkyl halides is 2. The first-order valence-electron chi connectivity index (χ1n) is 4.70. The minimum atomic E-state index is -2.29. The fraction of sp³-hybridized carbons (Fsp3) is 0.455. The van der Waals surface area contributed by atoms with E-state index >= 15 is 0 Å². The van der Waals surface area contributed by atoms with Crippen LogP contribution in [0.15, 0.2) is 29.2 Å². The molecule has 1 aromatic carbocycles. The number of nitrogens with two attached hydrogens (primary N) is 1. The van der Waals surface area contributed by atoms with Crippen molar-refractivity contribution in [2.24, 2.45) is 5.73 Å². The first-order chi connectivity index (χ1) is 6.91. The third-order valence-corrected chi connectivity index (χ3v) is 3.03. The number of halogens is 2. The van der Waals surface area contributed by atoms with Crippen molar-refractivity contribution in [2.75, 3.05) is 5.75 Å². The summed E-state index contributed by atoms with van der Waals surface area (Å²) in [5, 5.41) is 0. The van der Waals surface area contributed by atoms with Crippen molar-refractivity contribution < 1.29 is 8.78 Å². The molecule has 84 valence electrons. The van der Waals surface area contributed by atoms with Crippen molar-refractivity contribution >= 4 is 11.8 Å². The van der Waals surface area contributed by atoms with E-state index in [1.54, 1.807) is 0 Å². The zero-order valence-electron chi connectivity index (χ0n) is 8.84. The Labute approximate surface area is 93.1 Å². The van der Waals surface area contributed by atoms with Crippen molar-refractivity contribution in [1.29, 1.82) is 0 Å². The fourth-order valence-electron chi connectivity index (χ4n) is 1.28. The lowest BCUT2D eigenvalue weighted by molar-refractivity contribution is 0.177. The van der Waals surface area contributed by atoms with Crippen molar-refractivity contribution in [3.8, 4) is 0 Å². The molecule has 0 atom stereocenters. The van der Waals surface area contributed by atoms with Crippen LogP contribution in [0, 0.1) is 0 Å². The highest BCUT2D eigenvalue weighted by atomic mass is 32.2. The molecule has 1 rings (SSSR count). The molecule has 1 aromatic rings. The van der Waals surface area contributed by atoms with Gasteiger partial charge in [0.25, 0.3) is 0 Å². The van der Waals surface area contributed by atoms with Crippen LogP contribution in [0.25, 0.3) is 0 Å². The molecular weight excluding hydrogens is 216 g/mol. The van der Waals surface area contributed by atoms with Gasteiger partial charge in [-0.2, -0.15) is 0 Å². The first-order valence-corrected chi connectivity index (χ1v) is 5.69. The predicted octanol–water partition coefficient (Wildman–Crippen LogP) is 3.24. The quantitative estimate of drug-likeness (QED) is 0.805. The van der Waals surface area contributed by atoms with Crippen LogP contribution in [0.3, 0.4) is 0 Å². The zero-order valence-corrected chi connectivity index (χ0v) is 9.65.